The number of rotatable bonds is 11. The van der Waals surface area contributed by atoms with Crippen molar-refractivity contribution in [3.8, 4) is 0 Å². The lowest BCUT2D eigenvalue weighted by molar-refractivity contribution is -0.0185. The summed E-state index contributed by atoms with van der Waals surface area (Å²) in [5.74, 6) is 1.87. The molecular formula is C32H59NO2SSi2. The Morgan fingerprint density at radius 3 is 2.24 bits per heavy atom. The molecule has 0 heterocycles. The number of nitrogens with one attached hydrogen (secondary N) is 1. The molecule has 6 atom stereocenters. The summed E-state index contributed by atoms with van der Waals surface area (Å²) in [5, 5.41) is 2.30. The molecule has 0 aromatic heterocycles. The van der Waals surface area contributed by atoms with E-state index < -0.39 is 26.3 Å². The molecule has 0 spiro atoms. The van der Waals surface area contributed by atoms with Crippen molar-refractivity contribution in [3.63, 3.8) is 0 Å². The first kappa shape index (κ1) is 32.1. The molecule has 3 rings (SSSR count). The van der Waals surface area contributed by atoms with Crippen molar-refractivity contribution in [3.05, 3.63) is 30.3 Å². The van der Waals surface area contributed by atoms with Crippen LogP contribution in [0, 0.1) is 23.2 Å². The van der Waals surface area contributed by atoms with E-state index in [9.17, 15) is 4.21 Å². The summed E-state index contributed by atoms with van der Waals surface area (Å²) in [6.45, 7) is 23.6. The molecule has 0 bridgehead atoms. The number of benzene rings is 1. The largest absolute Gasteiger partial charge is 0.414 e. The van der Waals surface area contributed by atoms with Crippen molar-refractivity contribution in [2.75, 3.05) is 0 Å². The second-order valence-electron chi connectivity index (χ2n) is 14.4. The first-order valence-corrected chi connectivity index (χ1v) is 22.7. The van der Waals surface area contributed by atoms with Gasteiger partial charge in [-0.3, -0.25) is 4.39 Å². The number of fused-ring (bicyclic) bond motifs is 1. The average Bonchev–Trinajstić information content (AvgIpc) is 3.23. The second-order valence-corrected chi connectivity index (χ2v) is 26.7. The average molecular weight is 578 g/mol. The Bertz CT molecular complexity index is 1020. The van der Waals surface area contributed by atoms with Crippen LogP contribution in [0.2, 0.25) is 36.3 Å². The van der Waals surface area contributed by atoms with Crippen LogP contribution < -0.4 is 4.39 Å². The maximum atomic E-state index is 14.7. The summed E-state index contributed by atoms with van der Waals surface area (Å²) in [6.07, 6.45) is 7.80. The van der Waals surface area contributed by atoms with Crippen LogP contribution in [0.15, 0.2) is 35.2 Å². The van der Waals surface area contributed by atoms with Crippen molar-refractivity contribution >= 4 is 31.6 Å². The summed E-state index contributed by atoms with van der Waals surface area (Å²) >= 11 is 0. The topological polar surface area (TPSA) is 38.3 Å². The highest BCUT2D eigenvalue weighted by Crippen LogP contribution is 2.59. The van der Waals surface area contributed by atoms with E-state index in [1.54, 1.807) is 0 Å². The van der Waals surface area contributed by atoms with Crippen LogP contribution in [0.4, 0.5) is 0 Å². The standard InChI is InChI=1S/C32H59NO2SSi2/c1-11-38(12-2,13-3)35-30-20-17-24-32(8)28(21-22-29(30)32)26(4)23-25-36(34,27-18-15-14-16-19-27)33-37(9,10)31(5,6)7/h14-16,18-19,25-26,28-30H,11-13,17,20-24H2,1-10H3,(H,33,34)/t26-,28-,29+,30+,32-,36?/m1/s1. The zero-order valence-electron chi connectivity index (χ0n) is 26.4. The Labute approximate surface area is 238 Å². The van der Waals surface area contributed by atoms with Gasteiger partial charge in [0.2, 0.25) is 0 Å². The fourth-order valence-electron chi connectivity index (χ4n) is 7.36. The predicted octanol–water partition coefficient (Wildman–Crippen LogP) is 9.27. The molecule has 2 aliphatic carbocycles. The molecule has 218 valence electrons. The van der Waals surface area contributed by atoms with Gasteiger partial charge in [-0.1, -0.05) is 93.1 Å². The van der Waals surface area contributed by atoms with E-state index in [0.29, 0.717) is 29.3 Å². The normalized spacial score (nSPS) is 28.9. The van der Waals surface area contributed by atoms with Gasteiger partial charge in [-0.05, 0) is 95.9 Å². The lowest BCUT2D eigenvalue weighted by atomic mass is 9.61. The molecule has 3 nitrogen and oxygen atoms in total. The minimum Gasteiger partial charge on any atom is -0.414 e. The molecule has 1 aromatic carbocycles. The van der Waals surface area contributed by atoms with Crippen LogP contribution >= 0.6 is 0 Å². The fraction of sp³-hybridized carbons (Fsp3) is 0.781. The molecule has 1 N–H and O–H groups in total. The van der Waals surface area contributed by atoms with Gasteiger partial charge in [0.05, 0.1) is 9.71 Å². The molecule has 2 aliphatic rings. The van der Waals surface area contributed by atoms with Gasteiger partial charge in [-0.2, -0.15) is 0 Å². The summed E-state index contributed by atoms with van der Waals surface area (Å²) in [6, 6.07) is 13.9. The van der Waals surface area contributed by atoms with Crippen LogP contribution in [-0.4, -0.2) is 32.2 Å². The molecule has 2 saturated carbocycles. The molecule has 1 aromatic rings. The smallest absolute Gasteiger partial charge is 0.192 e. The van der Waals surface area contributed by atoms with Crippen molar-refractivity contribution in [1.82, 2.24) is 4.39 Å². The highest BCUT2D eigenvalue weighted by atomic mass is 32.2. The Morgan fingerprint density at radius 1 is 1.08 bits per heavy atom. The maximum Gasteiger partial charge on any atom is 0.192 e. The second kappa shape index (κ2) is 12.2. The van der Waals surface area contributed by atoms with Crippen LogP contribution in [0.5, 0.6) is 0 Å². The van der Waals surface area contributed by atoms with Gasteiger partial charge < -0.3 is 4.43 Å². The van der Waals surface area contributed by atoms with Crippen molar-refractivity contribution in [1.29, 1.82) is 0 Å². The third kappa shape index (κ3) is 6.56. The Morgan fingerprint density at radius 2 is 1.68 bits per heavy atom. The molecule has 38 heavy (non-hydrogen) atoms. The number of hydrogen-bond donors (Lipinski definition) is 1. The summed E-state index contributed by atoms with van der Waals surface area (Å²) in [7, 11) is -6.05. The van der Waals surface area contributed by atoms with Gasteiger partial charge in [-0.25, -0.2) is 4.21 Å². The lowest BCUT2D eigenvalue weighted by Crippen LogP contribution is -2.54. The Hall–Kier alpha value is -0.406. The third-order valence-corrected chi connectivity index (χ3v) is 24.5. The van der Waals surface area contributed by atoms with E-state index in [-0.39, 0.29) is 5.04 Å². The van der Waals surface area contributed by atoms with Gasteiger partial charge in [-0.15, -0.1) is 0 Å². The highest BCUT2D eigenvalue weighted by Gasteiger charge is 2.53. The lowest BCUT2D eigenvalue weighted by Gasteiger charge is -2.49. The van der Waals surface area contributed by atoms with Crippen LogP contribution in [0.3, 0.4) is 0 Å². The van der Waals surface area contributed by atoms with Gasteiger partial charge in [0.1, 0.15) is 8.24 Å². The van der Waals surface area contributed by atoms with Crippen LogP contribution in [-0.2, 0) is 14.1 Å². The quantitative estimate of drug-likeness (QED) is 0.210. The zero-order valence-corrected chi connectivity index (χ0v) is 29.2. The van der Waals surface area contributed by atoms with E-state index in [0.717, 1.165) is 11.3 Å². The van der Waals surface area contributed by atoms with E-state index in [4.69, 9.17) is 4.43 Å². The molecular weight excluding hydrogens is 519 g/mol. The van der Waals surface area contributed by atoms with E-state index in [1.165, 1.54) is 50.2 Å². The van der Waals surface area contributed by atoms with Crippen LogP contribution in [0.1, 0.15) is 93.9 Å². The zero-order chi connectivity index (χ0) is 28.4. The molecule has 0 amide bonds. The van der Waals surface area contributed by atoms with Gasteiger partial charge in [0.15, 0.2) is 8.32 Å². The van der Waals surface area contributed by atoms with Gasteiger partial charge in [0, 0.05) is 11.0 Å². The van der Waals surface area contributed by atoms with E-state index in [2.05, 4.69) is 78.2 Å². The van der Waals surface area contributed by atoms with Gasteiger partial charge >= 0.3 is 0 Å². The van der Waals surface area contributed by atoms with Crippen molar-refractivity contribution in [2.24, 2.45) is 23.2 Å². The molecule has 6 heteroatoms. The molecule has 0 radical (unpaired) electrons. The minimum absolute atomic E-state index is 0.112. The number of hydrogen-bond acceptors (Lipinski definition) is 2. The van der Waals surface area contributed by atoms with Crippen molar-refractivity contribution in [2.45, 2.75) is 141 Å². The monoisotopic (exact) mass is 577 g/mol. The first-order chi connectivity index (χ1) is 17.7. The molecule has 2 fully saturated rings. The summed E-state index contributed by atoms with van der Waals surface area (Å²) in [4.78, 5) is 0.929. The molecule has 1 unspecified atom stereocenters. The predicted molar refractivity (Wildman–Crippen MR) is 173 cm³/mol. The van der Waals surface area contributed by atoms with E-state index in [1.807, 2.05) is 30.3 Å². The SMILES string of the molecule is CC[Si](CC)(CC)O[C@H]1CCC[C@]2(C)[C@@H]([C@H](C)CC=S(=O)(N[Si](C)(C)C(C)(C)C)c3ccccc3)CC[C@@H]12. The summed E-state index contributed by atoms with van der Waals surface area (Å²) < 4.78 is 25.6. The Kier molecular flexibility index (Phi) is 10.3. The molecule has 0 saturated heterocycles. The maximum absolute atomic E-state index is 14.7. The minimum atomic E-state index is -2.46. The Balaban J connectivity index is 1.86. The highest BCUT2D eigenvalue weighted by molar-refractivity contribution is 8.00. The molecule has 0 aliphatic heterocycles. The first-order valence-electron chi connectivity index (χ1n) is 15.6. The van der Waals surface area contributed by atoms with E-state index >= 15 is 0 Å². The van der Waals surface area contributed by atoms with Crippen molar-refractivity contribution < 1.29 is 8.63 Å². The van der Waals surface area contributed by atoms with Gasteiger partial charge in [0.25, 0.3) is 0 Å². The van der Waals surface area contributed by atoms with Crippen LogP contribution in [0.25, 0.3) is 0 Å². The fourth-order valence-corrected chi connectivity index (χ4v) is 16.7. The third-order valence-electron chi connectivity index (χ3n) is 11.2. The summed E-state index contributed by atoms with van der Waals surface area (Å²) in [5.41, 5.74) is 0.339.